The van der Waals surface area contributed by atoms with Gasteiger partial charge in [0.15, 0.2) is 0 Å². The molecule has 2 aromatic rings. The second kappa shape index (κ2) is 6.78. The van der Waals surface area contributed by atoms with Gasteiger partial charge in [0.1, 0.15) is 11.5 Å². The maximum atomic E-state index is 12.6. The Morgan fingerprint density at radius 1 is 1.12 bits per heavy atom. The van der Waals surface area contributed by atoms with Crippen LogP contribution in [0.5, 0.6) is 0 Å². The topological polar surface area (TPSA) is 41.4 Å². The van der Waals surface area contributed by atoms with Crippen LogP contribution in [-0.2, 0) is 13.2 Å². The van der Waals surface area contributed by atoms with Gasteiger partial charge in [0.2, 0.25) is 0 Å². The molecule has 1 aliphatic heterocycles. The number of alkyl halides is 3. The van der Waals surface area contributed by atoms with E-state index in [0.717, 1.165) is 18.7 Å². The second-order valence-corrected chi connectivity index (χ2v) is 6.04. The first-order valence-electron chi connectivity index (χ1n) is 8.05. The molecule has 0 saturated carbocycles. The predicted molar refractivity (Wildman–Crippen MR) is 87.4 cm³/mol. The molecule has 1 aliphatic rings. The predicted octanol–water partition coefficient (Wildman–Crippen LogP) is 2.79. The lowest BCUT2D eigenvalue weighted by Crippen LogP contribution is -2.36. The van der Waals surface area contributed by atoms with Crippen molar-refractivity contribution in [2.75, 3.05) is 31.1 Å². The summed E-state index contributed by atoms with van der Waals surface area (Å²) < 4.78 is 39.7. The van der Waals surface area contributed by atoms with Crippen LogP contribution in [0, 0.1) is 0 Å². The molecule has 0 spiro atoms. The van der Waals surface area contributed by atoms with Gasteiger partial charge in [-0.3, -0.25) is 4.79 Å². The molecule has 0 atom stereocenters. The van der Waals surface area contributed by atoms with Crippen molar-refractivity contribution in [2.45, 2.75) is 12.6 Å². The molecule has 0 aliphatic carbocycles. The summed E-state index contributed by atoms with van der Waals surface area (Å²) in [5, 5.41) is 0. The van der Waals surface area contributed by atoms with Crippen molar-refractivity contribution >= 4 is 11.7 Å². The van der Waals surface area contributed by atoms with E-state index in [-0.39, 0.29) is 5.91 Å². The highest BCUT2D eigenvalue weighted by Gasteiger charge is 2.31. The first-order chi connectivity index (χ1) is 11.9. The normalized spacial score (nSPS) is 16.0. The third-order valence-corrected chi connectivity index (χ3v) is 4.35. The number of carbonyl (C=O) groups is 1. The monoisotopic (exact) mass is 352 g/mol. The van der Waals surface area contributed by atoms with E-state index in [2.05, 4.69) is 4.98 Å². The summed E-state index contributed by atoms with van der Waals surface area (Å²) in [6.45, 7) is 2.30. The van der Waals surface area contributed by atoms with E-state index in [1.54, 1.807) is 15.5 Å². The number of anilines is 1. The van der Waals surface area contributed by atoms with Gasteiger partial charge < -0.3 is 14.4 Å². The lowest BCUT2D eigenvalue weighted by atomic mass is 10.2. The smallest absolute Gasteiger partial charge is 0.355 e. The standard InChI is InChI=1S/C17H19F3N4O/c1-22-7-2-4-14(22)16(25)24-9-3-8-23(10-11-24)15-6-5-13(12-21-15)17(18,19)20/h2,4-7,12H,3,8-11H2,1H3. The quantitative estimate of drug-likeness (QED) is 0.835. The fraction of sp³-hybridized carbons (Fsp3) is 0.412. The first kappa shape index (κ1) is 17.3. The van der Waals surface area contributed by atoms with Crippen molar-refractivity contribution in [2.24, 2.45) is 7.05 Å². The zero-order chi connectivity index (χ0) is 18.0. The van der Waals surface area contributed by atoms with Gasteiger partial charge in [0.05, 0.1) is 5.56 Å². The summed E-state index contributed by atoms with van der Waals surface area (Å²) in [7, 11) is 1.82. The number of amides is 1. The van der Waals surface area contributed by atoms with Gasteiger partial charge in [0, 0.05) is 45.6 Å². The van der Waals surface area contributed by atoms with Crippen LogP contribution in [-0.4, -0.2) is 46.5 Å². The summed E-state index contributed by atoms with van der Waals surface area (Å²) in [6.07, 6.45) is -0.974. The van der Waals surface area contributed by atoms with Gasteiger partial charge >= 0.3 is 6.18 Å². The van der Waals surface area contributed by atoms with Gasteiger partial charge in [-0.1, -0.05) is 0 Å². The molecule has 0 radical (unpaired) electrons. The Morgan fingerprint density at radius 2 is 1.92 bits per heavy atom. The second-order valence-electron chi connectivity index (χ2n) is 6.04. The largest absolute Gasteiger partial charge is 0.417 e. The fourth-order valence-corrected chi connectivity index (χ4v) is 2.94. The molecular weight excluding hydrogens is 333 g/mol. The Kier molecular flexibility index (Phi) is 4.69. The van der Waals surface area contributed by atoms with Crippen LogP contribution in [0.3, 0.4) is 0 Å². The van der Waals surface area contributed by atoms with Crippen LogP contribution in [0.4, 0.5) is 19.0 Å². The van der Waals surface area contributed by atoms with Crippen LogP contribution < -0.4 is 4.90 Å². The highest BCUT2D eigenvalue weighted by atomic mass is 19.4. The van der Waals surface area contributed by atoms with E-state index in [4.69, 9.17) is 0 Å². The number of pyridine rings is 1. The number of hydrogen-bond donors (Lipinski definition) is 0. The molecule has 2 aromatic heterocycles. The van der Waals surface area contributed by atoms with E-state index >= 15 is 0 Å². The van der Waals surface area contributed by atoms with E-state index in [0.29, 0.717) is 37.7 Å². The van der Waals surface area contributed by atoms with Crippen LogP contribution in [0.25, 0.3) is 0 Å². The number of rotatable bonds is 2. The Bertz CT molecular complexity index is 739. The molecule has 1 fully saturated rings. The molecule has 3 rings (SSSR count). The van der Waals surface area contributed by atoms with Gasteiger partial charge in [-0.25, -0.2) is 4.98 Å². The molecule has 1 amide bonds. The number of aryl methyl sites for hydroxylation is 1. The average molecular weight is 352 g/mol. The van der Waals surface area contributed by atoms with E-state index in [9.17, 15) is 18.0 Å². The van der Waals surface area contributed by atoms with Crippen molar-refractivity contribution in [3.63, 3.8) is 0 Å². The van der Waals surface area contributed by atoms with Crippen LogP contribution in [0.1, 0.15) is 22.5 Å². The molecule has 25 heavy (non-hydrogen) atoms. The number of halogens is 3. The maximum absolute atomic E-state index is 12.6. The summed E-state index contributed by atoms with van der Waals surface area (Å²) in [5.74, 6) is 0.468. The summed E-state index contributed by atoms with van der Waals surface area (Å²) >= 11 is 0. The summed E-state index contributed by atoms with van der Waals surface area (Å²) in [6, 6.07) is 6.03. The molecule has 0 unspecified atom stereocenters. The van der Waals surface area contributed by atoms with Gasteiger partial charge in [-0.15, -0.1) is 0 Å². The SMILES string of the molecule is Cn1cccc1C(=O)N1CCCN(c2ccc(C(F)(F)F)cn2)CC1. The van der Waals surface area contributed by atoms with E-state index in [1.807, 2.05) is 24.2 Å². The van der Waals surface area contributed by atoms with Crippen molar-refractivity contribution in [1.82, 2.24) is 14.5 Å². The summed E-state index contributed by atoms with van der Waals surface area (Å²) in [4.78, 5) is 20.2. The minimum atomic E-state index is -4.39. The third-order valence-electron chi connectivity index (χ3n) is 4.35. The molecule has 5 nitrogen and oxygen atoms in total. The third kappa shape index (κ3) is 3.78. The number of carbonyl (C=O) groups excluding carboxylic acids is 1. The van der Waals surface area contributed by atoms with Crippen molar-refractivity contribution in [3.05, 3.63) is 47.9 Å². The lowest BCUT2D eigenvalue weighted by Gasteiger charge is -2.23. The molecule has 1 saturated heterocycles. The van der Waals surface area contributed by atoms with Crippen LogP contribution in [0.15, 0.2) is 36.7 Å². The van der Waals surface area contributed by atoms with E-state index < -0.39 is 11.7 Å². The summed E-state index contributed by atoms with van der Waals surface area (Å²) in [5.41, 5.74) is -0.132. The molecule has 0 aromatic carbocycles. The number of aromatic nitrogens is 2. The first-order valence-corrected chi connectivity index (χ1v) is 8.05. The Morgan fingerprint density at radius 3 is 2.52 bits per heavy atom. The Labute approximate surface area is 143 Å². The number of hydrogen-bond acceptors (Lipinski definition) is 3. The average Bonchev–Trinajstić information content (AvgIpc) is 2.86. The van der Waals surface area contributed by atoms with Crippen molar-refractivity contribution in [1.29, 1.82) is 0 Å². The zero-order valence-electron chi connectivity index (χ0n) is 13.8. The number of nitrogens with zero attached hydrogens (tertiary/aromatic N) is 4. The minimum Gasteiger partial charge on any atom is -0.355 e. The maximum Gasteiger partial charge on any atom is 0.417 e. The highest BCUT2D eigenvalue weighted by molar-refractivity contribution is 5.92. The molecule has 8 heteroatoms. The zero-order valence-corrected chi connectivity index (χ0v) is 13.8. The molecule has 134 valence electrons. The molecular formula is C17H19F3N4O. The Balaban J connectivity index is 1.67. The van der Waals surface area contributed by atoms with Crippen molar-refractivity contribution < 1.29 is 18.0 Å². The van der Waals surface area contributed by atoms with E-state index in [1.165, 1.54) is 6.07 Å². The molecule has 0 bridgehead atoms. The van der Waals surface area contributed by atoms with Gasteiger partial charge in [-0.2, -0.15) is 13.2 Å². The molecule has 0 N–H and O–H groups in total. The Hall–Kier alpha value is -2.51. The lowest BCUT2D eigenvalue weighted by molar-refractivity contribution is -0.137. The van der Waals surface area contributed by atoms with Gasteiger partial charge in [0.25, 0.3) is 5.91 Å². The van der Waals surface area contributed by atoms with Crippen LogP contribution in [0.2, 0.25) is 0 Å². The van der Waals surface area contributed by atoms with Crippen LogP contribution >= 0.6 is 0 Å². The van der Waals surface area contributed by atoms with Gasteiger partial charge in [-0.05, 0) is 30.7 Å². The minimum absolute atomic E-state index is 0.0327. The highest BCUT2D eigenvalue weighted by Crippen LogP contribution is 2.29. The van der Waals surface area contributed by atoms with Crippen molar-refractivity contribution in [3.8, 4) is 0 Å². The fourth-order valence-electron chi connectivity index (χ4n) is 2.94. The molecule has 3 heterocycles.